The molecule has 0 aliphatic carbocycles. The molecule has 8 amide bonds. The summed E-state index contributed by atoms with van der Waals surface area (Å²) in [6, 6.07) is 9.42. The highest BCUT2D eigenvalue weighted by Gasteiger charge is 2.26. The number of carbonyl (C=O) groups is 4. The van der Waals surface area contributed by atoms with Crippen LogP contribution in [0.3, 0.4) is 0 Å². The molecule has 0 atom stereocenters. The molecule has 2 fully saturated rings. The van der Waals surface area contributed by atoms with Crippen LogP contribution in [0.5, 0.6) is 11.5 Å². The topological polar surface area (TPSA) is 211 Å². The van der Waals surface area contributed by atoms with E-state index in [4.69, 9.17) is 10.5 Å². The largest absolute Gasteiger partial charge is 0.506 e. The number of hydrogen-bond acceptors (Lipinski definition) is 8. The molecular weight excluding hydrogens is 1080 g/mol. The van der Waals surface area contributed by atoms with Gasteiger partial charge in [0.05, 0.1) is 37.5 Å². The minimum absolute atomic E-state index is 0.255. The van der Waals surface area contributed by atoms with E-state index in [0.29, 0.717) is 76.5 Å². The molecule has 4 rings (SSSR count). The van der Waals surface area contributed by atoms with Gasteiger partial charge in [0.2, 0.25) is 0 Å². The first kappa shape index (κ1) is 43.4. The van der Waals surface area contributed by atoms with E-state index in [-0.39, 0.29) is 35.6 Å². The van der Waals surface area contributed by atoms with Crippen molar-refractivity contribution in [3.05, 3.63) is 49.7 Å². The van der Waals surface area contributed by atoms with Crippen molar-refractivity contribution in [2.75, 3.05) is 39.3 Å². The van der Waals surface area contributed by atoms with Gasteiger partial charge in [-0.1, -0.05) is 27.7 Å². The predicted molar refractivity (Wildman–Crippen MR) is 213 cm³/mol. The molecular formula is C30H36I4N8O6. The predicted octanol–water partition coefficient (Wildman–Crippen LogP) is 5.70. The standard InChI is InChI=1S/2C8H15N3O2.2C7H3I2NO/c2*1-6(2)5-10-8(13)11-4-3-9-7(11)12;2*8-5-1-4(3-10)2-6(9)7(5)11/h2*6H,3-5H2,1-2H3,(H,9,12)(H,10,13);2*1-2,11H. The summed E-state index contributed by atoms with van der Waals surface area (Å²) in [5, 5.41) is 46.2. The Morgan fingerprint density at radius 2 is 1.02 bits per heavy atom. The Hall–Kier alpha value is -2.58. The lowest BCUT2D eigenvalue weighted by atomic mass is 10.2. The molecule has 2 aliphatic heterocycles. The zero-order valence-electron chi connectivity index (χ0n) is 26.5. The number of rotatable bonds is 4. The van der Waals surface area contributed by atoms with Crippen molar-refractivity contribution in [1.29, 1.82) is 10.5 Å². The number of nitrogens with zero attached hydrogens (tertiary/aromatic N) is 4. The highest BCUT2D eigenvalue weighted by atomic mass is 127. The van der Waals surface area contributed by atoms with E-state index in [1.165, 1.54) is 9.80 Å². The Bertz CT molecular complexity index is 1380. The molecule has 2 heterocycles. The number of nitriles is 2. The van der Waals surface area contributed by atoms with Crippen LogP contribution in [0.2, 0.25) is 0 Å². The van der Waals surface area contributed by atoms with Gasteiger partial charge in [0.25, 0.3) is 0 Å². The van der Waals surface area contributed by atoms with Crippen LogP contribution in [-0.2, 0) is 0 Å². The fourth-order valence-corrected chi connectivity index (χ4v) is 6.90. The normalized spacial score (nSPS) is 13.0. The average Bonchev–Trinajstić information content (AvgIpc) is 3.68. The number of imide groups is 2. The quantitative estimate of drug-likeness (QED) is 0.209. The number of phenolic OH excluding ortho intramolecular Hbond substituents is 2. The van der Waals surface area contributed by atoms with Gasteiger partial charge in [-0.15, -0.1) is 0 Å². The highest BCUT2D eigenvalue weighted by Crippen LogP contribution is 2.27. The highest BCUT2D eigenvalue weighted by molar-refractivity contribution is 14.1. The maximum Gasteiger partial charge on any atom is 0.325 e. The number of nitrogens with one attached hydrogen (secondary N) is 4. The molecule has 0 aromatic heterocycles. The summed E-state index contributed by atoms with van der Waals surface area (Å²) >= 11 is 7.97. The molecule has 18 heteroatoms. The Morgan fingerprint density at radius 1 is 0.729 bits per heavy atom. The third-order valence-corrected chi connectivity index (χ3v) is 9.11. The van der Waals surface area contributed by atoms with E-state index >= 15 is 0 Å². The van der Waals surface area contributed by atoms with Gasteiger partial charge >= 0.3 is 24.1 Å². The molecule has 0 spiro atoms. The minimum atomic E-state index is -0.304. The first-order valence-electron chi connectivity index (χ1n) is 14.3. The molecule has 0 radical (unpaired) electrons. The summed E-state index contributed by atoms with van der Waals surface area (Å²) in [6.45, 7) is 11.2. The minimum Gasteiger partial charge on any atom is -0.506 e. The van der Waals surface area contributed by atoms with Gasteiger partial charge in [-0.25, -0.2) is 29.0 Å². The molecule has 14 nitrogen and oxygen atoms in total. The van der Waals surface area contributed by atoms with Crippen LogP contribution in [0.25, 0.3) is 0 Å². The number of phenols is 2. The van der Waals surface area contributed by atoms with E-state index in [2.05, 4.69) is 21.3 Å². The number of urea groups is 4. The molecule has 6 N–H and O–H groups in total. The summed E-state index contributed by atoms with van der Waals surface area (Å²) in [4.78, 5) is 47.0. The lowest BCUT2D eigenvalue weighted by molar-refractivity contribution is 0.196. The van der Waals surface area contributed by atoms with Crippen molar-refractivity contribution < 1.29 is 29.4 Å². The van der Waals surface area contributed by atoms with E-state index < -0.39 is 0 Å². The van der Waals surface area contributed by atoms with Crippen LogP contribution in [0.15, 0.2) is 24.3 Å². The Morgan fingerprint density at radius 3 is 1.23 bits per heavy atom. The molecule has 48 heavy (non-hydrogen) atoms. The first-order chi connectivity index (χ1) is 22.5. The van der Waals surface area contributed by atoms with Crippen LogP contribution in [0, 0.1) is 48.8 Å². The van der Waals surface area contributed by atoms with Gasteiger partial charge in [0.1, 0.15) is 11.5 Å². The van der Waals surface area contributed by atoms with E-state index in [1.54, 1.807) is 24.3 Å². The summed E-state index contributed by atoms with van der Waals surface area (Å²) in [5.41, 5.74) is 1.16. The zero-order valence-corrected chi connectivity index (χ0v) is 35.2. The second kappa shape index (κ2) is 22.2. The fraction of sp³-hybridized carbons (Fsp3) is 0.400. The van der Waals surface area contributed by atoms with Gasteiger partial charge < -0.3 is 31.5 Å². The van der Waals surface area contributed by atoms with Gasteiger partial charge in [-0.05, 0) is 126 Å². The maximum atomic E-state index is 11.3. The van der Waals surface area contributed by atoms with Crippen LogP contribution in [0.4, 0.5) is 19.2 Å². The second-order valence-electron chi connectivity index (χ2n) is 10.7. The van der Waals surface area contributed by atoms with Crippen molar-refractivity contribution in [2.45, 2.75) is 27.7 Å². The average molecular weight is 1110 g/mol. The number of amides is 8. The van der Waals surface area contributed by atoms with Gasteiger partial charge in [-0.3, -0.25) is 0 Å². The maximum absolute atomic E-state index is 11.3. The molecule has 0 saturated carbocycles. The van der Waals surface area contributed by atoms with Crippen LogP contribution < -0.4 is 21.3 Å². The van der Waals surface area contributed by atoms with Gasteiger partial charge in [0.15, 0.2) is 0 Å². The molecule has 2 aliphatic rings. The lowest BCUT2D eigenvalue weighted by Crippen LogP contribution is -2.43. The molecule has 0 bridgehead atoms. The van der Waals surface area contributed by atoms with Crippen molar-refractivity contribution in [2.24, 2.45) is 11.8 Å². The van der Waals surface area contributed by atoms with Crippen molar-refractivity contribution in [3.8, 4) is 23.6 Å². The molecule has 2 saturated heterocycles. The second-order valence-corrected chi connectivity index (χ2v) is 15.4. The van der Waals surface area contributed by atoms with E-state index in [0.717, 1.165) is 0 Å². The molecule has 2 aromatic carbocycles. The van der Waals surface area contributed by atoms with Crippen LogP contribution in [0.1, 0.15) is 38.8 Å². The van der Waals surface area contributed by atoms with Crippen molar-refractivity contribution in [3.63, 3.8) is 0 Å². The Balaban J connectivity index is 0.000000321. The van der Waals surface area contributed by atoms with Gasteiger partial charge in [-0.2, -0.15) is 10.5 Å². The zero-order chi connectivity index (χ0) is 36.6. The fourth-order valence-electron chi connectivity index (χ4n) is 3.36. The number of carbonyl (C=O) groups excluding carboxylic acids is 4. The molecule has 0 unspecified atom stereocenters. The van der Waals surface area contributed by atoms with E-state index in [9.17, 15) is 29.4 Å². The van der Waals surface area contributed by atoms with Gasteiger partial charge in [0, 0.05) is 39.3 Å². The third-order valence-electron chi connectivity index (χ3n) is 5.82. The summed E-state index contributed by atoms with van der Waals surface area (Å²) in [7, 11) is 0. The lowest BCUT2D eigenvalue weighted by Gasteiger charge is -2.14. The summed E-state index contributed by atoms with van der Waals surface area (Å²) in [6.07, 6.45) is 0. The van der Waals surface area contributed by atoms with Crippen LogP contribution >= 0.6 is 90.4 Å². The van der Waals surface area contributed by atoms with Crippen LogP contribution in [-0.4, -0.2) is 83.4 Å². The van der Waals surface area contributed by atoms with E-state index in [1.807, 2.05) is 130 Å². The number of benzene rings is 2. The number of halogens is 4. The Kier molecular flexibility index (Phi) is 20.1. The SMILES string of the molecule is CC(C)CNC(=O)N1CCNC1=O.CC(C)CNC(=O)N1CCNC1=O.N#Cc1cc(I)c(O)c(I)c1.N#Cc1cc(I)c(O)c(I)c1. The molecule has 2 aromatic rings. The summed E-state index contributed by atoms with van der Waals surface area (Å²) < 4.78 is 2.86. The Labute approximate surface area is 334 Å². The third kappa shape index (κ3) is 15.3. The number of hydrogen-bond donors (Lipinski definition) is 6. The number of aromatic hydroxyl groups is 2. The smallest absolute Gasteiger partial charge is 0.325 e. The van der Waals surface area contributed by atoms with Crippen molar-refractivity contribution in [1.82, 2.24) is 31.1 Å². The first-order valence-corrected chi connectivity index (χ1v) is 18.7. The monoisotopic (exact) mass is 1110 g/mol. The summed E-state index contributed by atoms with van der Waals surface area (Å²) in [5.74, 6) is 1.31. The van der Waals surface area contributed by atoms with Crippen molar-refractivity contribution >= 4 is 114 Å². The molecule has 260 valence electrons.